The zero-order chi connectivity index (χ0) is 11.5. The first kappa shape index (κ1) is 11.8. The minimum Gasteiger partial charge on any atom is -0.310 e. The molecular weight excluding hydrogens is 235 g/mol. The second-order valence-electron chi connectivity index (χ2n) is 2.67. The molecule has 4 nitrogen and oxygen atoms in total. The molecule has 0 aromatic carbocycles. The van der Waals surface area contributed by atoms with Gasteiger partial charge in [0.1, 0.15) is 18.2 Å². The van der Waals surface area contributed by atoms with Gasteiger partial charge in [-0.3, -0.25) is 4.79 Å². The summed E-state index contributed by atoms with van der Waals surface area (Å²) in [7, 11) is 0. The molecule has 0 aliphatic rings. The molecule has 0 aliphatic carbocycles. The summed E-state index contributed by atoms with van der Waals surface area (Å²) in [5.41, 5.74) is 0. The number of rotatable bonds is 3. The Labute approximate surface area is 88.0 Å². The molecule has 8 heteroatoms. The standard InChI is InChI=1S/C7H7ClF3N3O/c8-3-6(15)13-5-1-2-12-14(5)4-7(9,10)11/h1-2H,3-4H2,(H,13,15). The summed E-state index contributed by atoms with van der Waals surface area (Å²) in [5.74, 6) is -0.935. The van der Waals surface area contributed by atoms with Crippen LogP contribution >= 0.6 is 11.6 Å². The van der Waals surface area contributed by atoms with E-state index in [4.69, 9.17) is 11.6 Å². The third-order valence-corrected chi connectivity index (χ3v) is 1.68. The number of halogens is 4. The van der Waals surface area contributed by atoms with Crippen LogP contribution in [0.25, 0.3) is 0 Å². The van der Waals surface area contributed by atoms with Crippen molar-refractivity contribution < 1.29 is 18.0 Å². The van der Waals surface area contributed by atoms with Crippen LogP contribution in [0, 0.1) is 0 Å². The molecule has 1 N–H and O–H groups in total. The second kappa shape index (κ2) is 4.52. The van der Waals surface area contributed by atoms with Gasteiger partial charge >= 0.3 is 6.18 Å². The van der Waals surface area contributed by atoms with Gasteiger partial charge in [-0.2, -0.15) is 18.3 Å². The highest BCUT2D eigenvalue weighted by Gasteiger charge is 2.29. The number of nitrogens with one attached hydrogen (secondary N) is 1. The topological polar surface area (TPSA) is 46.9 Å². The second-order valence-corrected chi connectivity index (χ2v) is 2.94. The summed E-state index contributed by atoms with van der Waals surface area (Å²) in [6.45, 7) is -1.25. The zero-order valence-corrected chi connectivity index (χ0v) is 8.14. The highest BCUT2D eigenvalue weighted by Crippen LogP contribution is 2.19. The Morgan fingerprint density at radius 1 is 1.60 bits per heavy atom. The Morgan fingerprint density at radius 3 is 2.80 bits per heavy atom. The Kier molecular flexibility index (Phi) is 3.57. The van der Waals surface area contributed by atoms with E-state index in [1.54, 1.807) is 0 Å². The fraction of sp³-hybridized carbons (Fsp3) is 0.429. The van der Waals surface area contributed by atoms with Gasteiger partial charge in [0, 0.05) is 6.07 Å². The Balaban J connectivity index is 2.74. The largest absolute Gasteiger partial charge is 0.408 e. The maximum Gasteiger partial charge on any atom is 0.408 e. The third-order valence-electron chi connectivity index (χ3n) is 1.43. The molecule has 1 aromatic heterocycles. The van der Waals surface area contributed by atoms with Crippen LogP contribution in [-0.2, 0) is 11.3 Å². The van der Waals surface area contributed by atoms with Gasteiger partial charge in [0.25, 0.3) is 0 Å². The molecule has 0 fully saturated rings. The molecule has 0 atom stereocenters. The molecule has 0 saturated carbocycles. The van der Waals surface area contributed by atoms with Gasteiger partial charge in [0.05, 0.1) is 6.20 Å². The van der Waals surface area contributed by atoms with Crippen molar-refractivity contribution in [1.82, 2.24) is 9.78 Å². The van der Waals surface area contributed by atoms with Crippen LogP contribution in [0.3, 0.4) is 0 Å². The summed E-state index contributed by atoms with van der Waals surface area (Å²) >= 11 is 5.19. The van der Waals surface area contributed by atoms with Crippen molar-refractivity contribution in [3.63, 3.8) is 0 Å². The zero-order valence-electron chi connectivity index (χ0n) is 7.38. The van der Waals surface area contributed by atoms with Crippen molar-refractivity contribution in [3.8, 4) is 0 Å². The van der Waals surface area contributed by atoms with E-state index in [9.17, 15) is 18.0 Å². The molecule has 0 unspecified atom stereocenters. The summed E-state index contributed by atoms with van der Waals surface area (Å²) in [5, 5.41) is 5.62. The van der Waals surface area contributed by atoms with Gasteiger partial charge in [0.2, 0.25) is 5.91 Å². The third kappa shape index (κ3) is 3.78. The number of carbonyl (C=O) groups is 1. The maximum atomic E-state index is 12.0. The van der Waals surface area contributed by atoms with Gasteiger partial charge in [0.15, 0.2) is 0 Å². The average molecular weight is 242 g/mol. The predicted octanol–water partition coefficient (Wildman–Crippen LogP) is 1.62. The number of hydrogen-bond donors (Lipinski definition) is 1. The molecule has 1 aromatic rings. The van der Waals surface area contributed by atoms with Crippen molar-refractivity contribution in [2.75, 3.05) is 11.2 Å². The van der Waals surface area contributed by atoms with Gasteiger partial charge in [-0.05, 0) is 0 Å². The summed E-state index contributed by atoms with van der Waals surface area (Å²) in [6.07, 6.45) is -3.22. The van der Waals surface area contributed by atoms with Crippen molar-refractivity contribution in [3.05, 3.63) is 12.3 Å². The van der Waals surface area contributed by atoms with Crippen molar-refractivity contribution in [1.29, 1.82) is 0 Å². The van der Waals surface area contributed by atoms with Crippen molar-refractivity contribution in [2.24, 2.45) is 0 Å². The van der Waals surface area contributed by atoms with Crippen LogP contribution in [-0.4, -0.2) is 27.7 Å². The SMILES string of the molecule is O=C(CCl)Nc1ccnn1CC(F)(F)F. The summed E-state index contributed by atoms with van der Waals surface area (Å²) in [4.78, 5) is 10.8. The molecule has 0 bridgehead atoms. The monoisotopic (exact) mass is 241 g/mol. The van der Waals surface area contributed by atoms with E-state index in [0.29, 0.717) is 4.68 Å². The smallest absolute Gasteiger partial charge is 0.310 e. The number of amides is 1. The molecule has 1 amide bonds. The first-order chi connectivity index (χ1) is 6.92. The maximum absolute atomic E-state index is 12.0. The average Bonchev–Trinajstić information content (AvgIpc) is 2.50. The lowest BCUT2D eigenvalue weighted by molar-refractivity contribution is -0.142. The fourth-order valence-corrected chi connectivity index (χ4v) is 0.978. The van der Waals surface area contributed by atoms with E-state index < -0.39 is 18.6 Å². The first-order valence-electron chi connectivity index (χ1n) is 3.87. The van der Waals surface area contributed by atoms with Crippen LogP contribution in [0.4, 0.5) is 19.0 Å². The van der Waals surface area contributed by atoms with Gasteiger partial charge in [-0.25, -0.2) is 4.68 Å². The van der Waals surface area contributed by atoms with Crippen LogP contribution in [0.1, 0.15) is 0 Å². The number of anilines is 1. The van der Waals surface area contributed by atoms with Gasteiger partial charge in [-0.1, -0.05) is 0 Å². The van der Waals surface area contributed by atoms with E-state index in [1.165, 1.54) is 6.07 Å². The molecule has 84 valence electrons. The van der Waals surface area contributed by atoms with E-state index in [-0.39, 0.29) is 11.7 Å². The number of hydrogen-bond acceptors (Lipinski definition) is 2. The van der Waals surface area contributed by atoms with Crippen LogP contribution < -0.4 is 5.32 Å². The van der Waals surface area contributed by atoms with E-state index in [1.807, 2.05) is 0 Å². The van der Waals surface area contributed by atoms with Gasteiger partial charge in [-0.15, -0.1) is 11.6 Å². The number of aromatic nitrogens is 2. The highest BCUT2D eigenvalue weighted by molar-refractivity contribution is 6.29. The molecule has 0 radical (unpaired) electrons. The first-order valence-corrected chi connectivity index (χ1v) is 4.40. The normalized spacial score (nSPS) is 11.5. The lowest BCUT2D eigenvalue weighted by Gasteiger charge is -2.10. The Morgan fingerprint density at radius 2 is 2.27 bits per heavy atom. The molecule has 0 spiro atoms. The van der Waals surface area contributed by atoms with E-state index >= 15 is 0 Å². The Bertz CT molecular complexity index is 349. The molecule has 1 heterocycles. The lowest BCUT2D eigenvalue weighted by Crippen LogP contribution is -2.22. The van der Waals surface area contributed by atoms with E-state index in [0.717, 1.165) is 6.20 Å². The molecular formula is C7H7ClF3N3O. The summed E-state index contributed by atoms with van der Waals surface area (Å²) in [6, 6.07) is 1.26. The van der Waals surface area contributed by atoms with Crippen LogP contribution in [0.5, 0.6) is 0 Å². The van der Waals surface area contributed by atoms with Crippen LogP contribution in [0.2, 0.25) is 0 Å². The minimum atomic E-state index is -4.38. The van der Waals surface area contributed by atoms with Gasteiger partial charge < -0.3 is 5.32 Å². The van der Waals surface area contributed by atoms with Crippen molar-refractivity contribution >= 4 is 23.3 Å². The molecule has 0 saturated heterocycles. The van der Waals surface area contributed by atoms with E-state index in [2.05, 4.69) is 10.4 Å². The number of alkyl halides is 4. The quantitative estimate of drug-likeness (QED) is 0.818. The Hall–Kier alpha value is -1.24. The van der Waals surface area contributed by atoms with Crippen molar-refractivity contribution in [2.45, 2.75) is 12.7 Å². The summed E-state index contributed by atoms with van der Waals surface area (Å²) < 4.78 is 36.7. The number of nitrogens with zero attached hydrogens (tertiary/aromatic N) is 2. The molecule has 15 heavy (non-hydrogen) atoms. The number of carbonyl (C=O) groups excluding carboxylic acids is 1. The molecule has 0 aliphatic heterocycles. The van der Waals surface area contributed by atoms with Crippen LogP contribution in [0.15, 0.2) is 12.3 Å². The predicted molar refractivity (Wildman–Crippen MR) is 47.6 cm³/mol. The minimum absolute atomic E-state index is 0.0297. The lowest BCUT2D eigenvalue weighted by atomic mass is 10.5. The highest BCUT2D eigenvalue weighted by atomic mass is 35.5. The molecule has 1 rings (SSSR count). The fourth-order valence-electron chi connectivity index (χ4n) is 0.911.